The summed E-state index contributed by atoms with van der Waals surface area (Å²) in [7, 11) is 1.71. The molecule has 30 heavy (non-hydrogen) atoms. The number of pyridine rings is 1. The summed E-state index contributed by atoms with van der Waals surface area (Å²) in [6.45, 7) is 2.01. The van der Waals surface area contributed by atoms with Gasteiger partial charge in [-0.2, -0.15) is 0 Å². The molecule has 1 spiro atoms. The number of nitrogens with zero attached hydrogens (tertiary/aromatic N) is 2. The number of aromatic nitrogens is 1. The van der Waals surface area contributed by atoms with Gasteiger partial charge in [0.15, 0.2) is 11.5 Å². The Morgan fingerprint density at radius 2 is 1.73 bits per heavy atom. The summed E-state index contributed by atoms with van der Waals surface area (Å²) in [4.78, 5) is 30.4. The van der Waals surface area contributed by atoms with E-state index in [2.05, 4.69) is 15.6 Å². The summed E-state index contributed by atoms with van der Waals surface area (Å²) in [5.74, 6) is 0.909. The third kappa shape index (κ3) is 4.71. The molecule has 2 amide bonds. The van der Waals surface area contributed by atoms with Crippen LogP contribution < -0.4 is 20.1 Å². The molecule has 1 aromatic heterocycles. The summed E-state index contributed by atoms with van der Waals surface area (Å²) >= 11 is 0. The highest BCUT2D eigenvalue weighted by Crippen LogP contribution is 2.47. The van der Waals surface area contributed by atoms with E-state index in [1.54, 1.807) is 30.1 Å². The molecule has 0 unspecified atom stereocenters. The maximum atomic E-state index is 12.4. The van der Waals surface area contributed by atoms with Gasteiger partial charge in [-0.1, -0.05) is 6.07 Å². The monoisotopic (exact) mass is 410 g/mol. The fraction of sp³-hybridized carbons (Fsp3) is 0.409. The van der Waals surface area contributed by atoms with Crippen LogP contribution in [0.3, 0.4) is 0 Å². The lowest BCUT2D eigenvalue weighted by molar-refractivity contribution is -0.119. The number of rotatable bonds is 6. The van der Waals surface area contributed by atoms with Gasteiger partial charge in [-0.15, -0.1) is 0 Å². The summed E-state index contributed by atoms with van der Waals surface area (Å²) in [6, 6.07) is 10.8. The van der Waals surface area contributed by atoms with Gasteiger partial charge in [0.25, 0.3) is 5.79 Å². The van der Waals surface area contributed by atoms with E-state index in [0.717, 1.165) is 31.4 Å². The van der Waals surface area contributed by atoms with Crippen molar-refractivity contribution in [2.75, 3.05) is 30.8 Å². The van der Waals surface area contributed by atoms with E-state index in [9.17, 15) is 9.59 Å². The van der Waals surface area contributed by atoms with Gasteiger partial charge in [-0.3, -0.25) is 14.5 Å². The zero-order valence-corrected chi connectivity index (χ0v) is 17.2. The first-order chi connectivity index (χ1) is 14.4. The van der Waals surface area contributed by atoms with Gasteiger partial charge >= 0.3 is 0 Å². The Hall–Kier alpha value is -3.13. The lowest BCUT2D eigenvalue weighted by Gasteiger charge is -2.21. The molecule has 0 atom stereocenters. The largest absolute Gasteiger partial charge is 0.448 e. The van der Waals surface area contributed by atoms with Crippen LogP contribution in [-0.4, -0.2) is 47.6 Å². The van der Waals surface area contributed by atoms with Gasteiger partial charge in [-0.25, -0.2) is 4.98 Å². The first-order valence-electron chi connectivity index (χ1n) is 10.1. The molecule has 8 heteroatoms. The normalized spacial score (nSPS) is 16.1. The van der Waals surface area contributed by atoms with Crippen LogP contribution >= 0.6 is 0 Å². The molecule has 8 nitrogen and oxygen atoms in total. The molecule has 0 bridgehead atoms. The fourth-order valence-electron chi connectivity index (χ4n) is 3.83. The topological polar surface area (TPSA) is 92.8 Å². The number of benzene rings is 1. The van der Waals surface area contributed by atoms with Crippen molar-refractivity contribution in [3.8, 4) is 11.5 Å². The van der Waals surface area contributed by atoms with Gasteiger partial charge in [0, 0.05) is 30.3 Å². The highest BCUT2D eigenvalue weighted by atomic mass is 16.7. The van der Waals surface area contributed by atoms with Crippen molar-refractivity contribution in [2.45, 2.75) is 38.4 Å². The third-order valence-corrected chi connectivity index (χ3v) is 5.17. The Morgan fingerprint density at radius 3 is 2.47 bits per heavy atom. The second-order valence-corrected chi connectivity index (χ2v) is 7.92. The molecule has 4 rings (SSSR count). The smallest absolute Gasteiger partial charge is 0.251 e. The van der Waals surface area contributed by atoms with Crippen molar-refractivity contribution in [3.05, 3.63) is 42.1 Å². The molecule has 0 saturated heterocycles. The maximum Gasteiger partial charge on any atom is 0.251 e. The molecule has 1 aromatic carbocycles. The zero-order valence-electron chi connectivity index (χ0n) is 17.2. The molecule has 1 saturated carbocycles. The minimum atomic E-state index is -0.523. The Bertz CT molecular complexity index is 956. The maximum absolute atomic E-state index is 12.4. The summed E-state index contributed by atoms with van der Waals surface area (Å²) in [5, 5.41) is 5.59. The average Bonchev–Trinajstić information content (AvgIpc) is 3.26. The van der Waals surface area contributed by atoms with Gasteiger partial charge in [-0.05, 0) is 51.1 Å². The molecular weight excluding hydrogens is 384 g/mol. The lowest BCUT2D eigenvalue weighted by atomic mass is 10.2. The first kappa shape index (κ1) is 20.2. The predicted octanol–water partition coefficient (Wildman–Crippen LogP) is 2.94. The van der Waals surface area contributed by atoms with Gasteiger partial charge in [0.05, 0.1) is 13.1 Å². The Kier molecular flexibility index (Phi) is 5.59. The van der Waals surface area contributed by atoms with E-state index in [0.29, 0.717) is 23.0 Å². The number of carbonyl (C=O) groups excluding carboxylic acids is 2. The van der Waals surface area contributed by atoms with E-state index in [-0.39, 0.29) is 24.9 Å². The number of ether oxygens (including phenoxy) is 2. The van der Waals surface area contributed by atoms with E-state index < -0.39 is 5.79 Å². The number of hydrogen-bond acceptors (Lipinski definition) is 6. The standard InChI is InChI=1S/C22H26N4O4/c1-15-6-5-7-19(23-15)25-21(28)14-26(2)13-20(27)24-16-8-9-17-18(12-16)30-22(29-17)10-3-4-11-22/h5-9,12H,3-4,10-11,13-14H2,1-2H3,(H,24,27)(H,23,25,28). The molecule has 158 valence electrons. The van der Waals surface area contributed by atoms with Crippen molar-refractivity contribution < 1.29 is 19.1 Å². The van der Waals surface area contributed by atoms with Crippen LogP contribution in [0.25, 0.3) is 0 Å². The third-order valence-electron chi connectivity index (χ3n) is 5.17. The van der Waals surface area contributed by atoms with Crippen LogP contribution in [0, 0.1) is 6.92 Å². The zero-order chi connectivity index (χ0) is 21.1. The van der Waals surface area contributed by atoms with Crippen LogP contribution in [0.1, 0.15) is 31.4 Å². The summed E-state index contributed by atoms with van der Waals surface area (Å²) < 4.78 is 12.0. The minimum absolute atomic E-state index is 0.0761. The molecule has 2 aromatic rings. The number of anilines is 2. The second kappa shape index (κ2) is 8.31. The van der Waals surface area contributed by atoms with Crippen LogP contribution in [0.5, 0.6) is 11.5 Å². The number of fused-ring (bicyclic) bond motifs is 1. The molecule has 1 fully saturated rings. The second-order valence-electron chi connectivity index (χ2n) is 7.92. The van der Waals surface area contributed by atoms with Crippen molar-refractivity contribution in [2.24, 2.45) is 0 Å². The van der Waals surface area contributed by atoms with Crippen LogP contribution in [0.4, 0.5) is 11.5 Å². The van der Waals surface area contributed by atoms with Gasteiger partial charge in [0.1, 0.15) is 5.82 Å². The number of aryl methyl sites for hydroxylation is 1. The van der Waals surface area contributed by atoms with Crippen LogP contribution in [0.15, 0.2) is 36.4 Å². The molecular formula is C22H26N4O4. The van der Waals surface area contributed by atoms with Gasteiger partial charge in [0.2, 0.25) is 11.8 Å². The molecule has 1 aliphatic heterocycles. The average molecular weight is 410 g/mol. The Balaban J connectivity index is 1.27. The number of hydrogen-bond donors (Lipinski definition) is 2. The molecule has 1 aliphatic carbocycles. The quantitative estimate of drug-likeness (QED) is 0.761. The lowest BCUT2D eigenvalue weighted by Crippen LogP contribution is -2.36. The fourth-order valence-corrected chi connectivity index (χ4v) is 3.83. The van der Waals surface area contributed by atoms with Crippen molar-refractivity contribution >= 4 is 23.3 Å². The van der Waals surface area contributed by atoms with E-state index >= 15 is 0 Å². The van der Waals surface area contributed by atoms with Crippen LogP contribution in [0.2, 0.25) is 0 Å². The highest BCUT2D eigenvalue weighted by Gasteiger charge is 2.44. The number of amides is 2. The molecule has 0 radical (unpaired) electrons. The first-order valence-corrected chi connectivity index (χ1v) is 10.1. The predicted molar refractivity (Wildman–Crippen MR) is 113 cm³/mol. The molecule has 2 N–H and O–H groups in total. The highest BCUT2D eigenvalue weighted by molar-refractivity contribution is 5.94. The van der Waals surface area contributed by atoms with E-state index in [4.69, 9.17) is 9.47 Å². The molecule has 2 heterocycles. The number of carbonyl (C=O) groups is 2. The summed E-state index contributed by atoms with van der Waals surface area (Å²) in [5.41, 5.74) is 1.46. The van der Waals surface area contributed by atoms with E-state index in [1.807, 2.05) is 25.1 Å². The van der Waals surface area contributed by atoms with Gasteiger partial charge < -0.3 is 20.1 Å². The SMILES string of the molecule is Cc1cccc(NC(=O)CN(C)CC(=O)Nc2ccc3c(c2)OC2(CCCC2)O3)n1. The minimum Gasteiger partial charge on any atom is -0.448 e. The Morgan fingerprint density at radius 1 is 1.03 bits per heavy atom. The molecule has 2 aliphatic rings. The number of likely N-dealkylation sites (N-methyl/N-ethyl adjacent to an activating group) is 1. The van der Waals surface area contributed by atoms with Crippen LogP contribution in [-0.2, 0) is 9.59 Å². The summed E-state index contributed by atoms with van der Waals surface area (Å²) in [6.07, 6.45) is 3.96. The van der Waals surface area contributed by atoms with Crippen molar-refractivity contribution in [1.82, 2.24) is 9.88 Å². The van der Waals surface area contributed by atoms with E-state index in [1.165, 1.54) is 0 Å². The van der Waals surface area contributed by atoms with Crippen molar-refractivity contribution in [1.29, 1.82) is 0 Å². The number of nitrogens with one attached hydrogen (secondary N) is 2. The van der Waals surface area contributed by atoms with Crippen molar-refractivity contribution in [3.63, 3.8) is 0 Å². The Labute approximate surface area is 175 Å².